The summed E-state index contributed by atoms with van der Waals surface area (Å²) in [6.45, 7) is 6.60. The van der Waals surface area contributed by atoms with E-state index in [1.807, 2.05) is 38.1 Å². The van der Waals surface area contributed by atoms with Gasteiger partial charge in [-0.1, -0.05) is 19.1 Å². The first-order valence-electron chi connectivity index (χ1n) is 9.82. The minimum Gasteiger partial charge on any atom is -0.492 e. The van der Waals surface area contributed by atoms with Crippen LogP contribution in [-0.4, -0.2) is 18.6 Å². The molecule has 5 heteroatoms. The summed E-state index contributed by atoms with van der Waals surface area (Å²) in [5.74, 6) is 1.37. The summed E-state index contributed by atoms with van der Waals surface area (Å²) in [4.78, 5) is 12.7. The van der Waals surface area contributed by atoms with Crippen LogP contribution in [0.4, 0.5) is 5.69 Å². The third-order valence-electron chi connectivity index (χ3n) is 5.05. The molecule has 0 aliphatic carbocycles. The summed E-state index contributed by atoms with van der Waals surface area (Å²) in [5.41, 5.74) is 4.66. The molecular formula is C23H25NO4. The molecule has 146 valence electrons. The highest BCUT2D eigenvalue weighted by Gasteiger charge is 2.23. The van der Waals surface area contributed by atoms with E-state index >= 15 is 0 Å². The van der Waals surface area contributed by atoms with Crippen molar-refractivity contribution in [2.75, 3.05) is 11.9 Å². The molecule has 3 aromatic rings. The average molecular weight is 379 g/mol. The molecular weight excluding hydrogens is 354 g/mol. The molecule has 0 unspecified atom stereocenters. The number of carbonyl (C=O) groups is 1. The Hall–Kier alpha value is -2.95. The molecule has 2 aromatic carbocycles. The second-order valence-electron chi connectivity index (χ2n) is 7.19. The van der Waals surface area contributed by atoms with E-state index in [-0.39, 0.29) is 18.4 Å². The number of carbonyl (C=O) groups excluding carboxylic acids is 1. The van der Waals surface area contributed by atoms with E-state index in [9.17, 15) is 4.79 Å². The van der Waals surface area contributed by atoms with E-state index in [1.54, 1.807) is 6.26 Å². The Balaban J connectivity index is 1.55. The quantitative estimate of drug-likeness (QED) is 0.662. The van der Waals surface area contributed by atoms with Gasteiger partial charge in [-0.15, -0.1) is 0 Å². The van der Waals surface area contributed by atoms with E-state index < -0.39 is 0 Å². The van der Waals surface area contributed by atoms with Gasteiger partial charge in [0.05, 0.1) is 25.0 Å². The Bertz CT molecular complexity index is 1020. The van der Waals surface area contributed by atoms with Crippen molar-refractivity contribution in [3.05, 3.63) is 53.3 Å². The van der Waals surface area contributed by atoms with Gasteiger partial charge >= 0.3 is 0 Å². The van der Waals surface area contributed by atoms with Crippen LogP contribution >= 0.6 is 0 Å². The van der Waals surface area contributed by atoms with Crippen molar-refractivity contribution < 1.29 is 18.7 Å². The molecule has 0 saturated heterocycles. The first-order valence-corrected chi connectivity index (χ1v) is 9.82. The number of ether oxygens (including phenoxy) is 2. The third-order valence-corrected chi connectivity index (χ3v) is 5.05. The van der Waals surface area contributed by atoms with Crippen molar-refractivity contribution in [3.8, 4) is 11.5 Å². The SMILES string of the molecule is CCOc1cc2c(cc1NC(=O)Cc1coc3cc(CC)ccc13)O[C@H](C)C2. The number of aryl methyl sites for hydroxylation is 1. The number of hydrogen-bond donors (Lipinski definition) is 1. The molecule has 4 rings (SSSR count). The second-order valence-corrected chi connectivity index (χ2v) is 7.19. The smallest absolute Gasteiger partial charge is 0.229 e. The maximum absolute atomic E-state index is 12.7. The zero-order valence-corrected chi connectivity index (χ0v) is 16.5. The van der Waals surface area contributed by atoms with Gasteiger partial charge in [0.25, 0.3) is 0 Å². The third kappa shape index (κ3) is 3.57. The molecule has 1 atom stereocenters. The summed E-state index contributed by atoms with van der Waals surface area (Å²) in [6, 6.07) is 9.96. The number of benzene rings is 2. The van der Waals surface area contributed by atoms with Crippen molar-refractivity contribution in [2.24, 2.45) is 0 Å². The van der Waals surface area contributed by atoms with E-state index in [2.05, 4.69) is 18.3 Å². The Morgan fingerprint density at radius 3 is 2.89 bits per heavy atom. The Labute approximate surface area is 164 Å². The molecule has 2 heterocycles. The molecule has 0 fully saturated rings. The van der Waals surface area contributed by atoms with Crippen molar-refractivity contribution in [3.63, 3.8) is 0 Å². The van der Waals surface area contributed by atoms with Gasteiger partial charge in [0, 0.05) is 29.0 Å². The van der Waals surface area contributed by atoms with Crippen molar-refractivity contribution in [1.29, 1.82) is 0 Å². The number of hydrogen-bond acceptors (Lipinski definition) is 4. The van der Waals surface area contributed by atoms with Gasteiger partial charge in [-0.25, -0.2) is 0 Å². The fraction of sp³-hybridized carbons (Fsp3) is 0.348. The van der Waals surface area contributed by atoms with Crippen LogP contribution in [0.1, 0.15) is 37.5 Å². The fourth-order valence-corrected chi connectivity index (χ4v) is 3.66. The van der Waals surface area contributed by atoms with E-state index in [0.29, 0.717) is 18.0 Å². The Kier molecular flexibility index (Phi) is 4.99. The van der Waals surface area contributed by atoms with Gasteiger partial charge in [0.1, 0.15) is 23.2 Å². The molecule has 0 radical (unpaired) electrons. The maximum Gasteiger partial charge on any atom is 0.229 e. The minimum atomic E-state index is -0.116. The van der Waals surface area contributed by atoms with E-state index in [0.717, 1.165) is 40.7 Å². The zero-order chi connectivity index (χ0) is 19.7. The highest BCUT2D eigenvalue weighted by atomic mass is 16.5. The molecule has 1 aliphatic heterocycles. The summed E-state index contributed by atoms with van der Waals surface area (Å²) < 4.78 is 17.2. The lowest BCUT2D eigenvalue weighted by molar-refractivity contribution is -0.115. The molecule has 1 aliphatic rings. The molecule has 1 amide bonds. The normalized spacial score (nSPS) is 15.3. The van der Waals surface area contributed by atoms with Crippen LogP contribution in [-0.2, 0) is 24.1 Å². The van der Waals surface area contributed by atoms with E-state index in [4.69, 9.17) is 13.9 Å². The number of anilines is 1. The highest BCUT2D eigenvalue weighted by Crippen LogP contribution is 2.38. The van der Waals surface area contributed by atoms with Crippen LogP contribution in [0.25, 0.3) is 11.0 Å². The first-order chi connectivity index (χ1) is 13.6. The van der Waals surface area contributed by atoms with Crippen LogP contribution in [0.3, 0.4) is 0 Å². The van der Waals surface area contributed by atoms with E-state index in [1.165, 1.54) is 5.56 Å². The van der Waals surface area contributed by atoms with Gasteiger partial charge in [-0.2, -0.15) is 0 Å². The number of amides is 1. The lowest BCUT2D eigenvalue weighted by atomic mass is 10.1. The topological polar surface area (TPSA) is 60.7 Å². The highest BCUT2D eigenvalue weighted by molar-refractivity contribution is 5.96. The lowest BCUT2D eigenvalue weighted by Gasteiger charge is -2.13. The summed E-state index contributed by atoms with van der Waals surface area (Å²) >= 11 is 0. The fourth-order valence-electron chi connectivity index (χ4n) is 3.66. The van der Waals surface area contributed by atoms with Crippen LogP contribution in [0.2, 0.25) is 0 Å². The van der Waals surface area contributed by atoms with Crippen molar-refractivity contribution in [2.45, 2.75) is 46.1 Å². The monoisotopic (exact) mass is 379 g/mol. The standard InChI is InChI=1S/C23H25NO4/c1-4-15-6-7-18-17(13-27-21(18)9-15)11-23(25)24-19-12-20-16(8-14(3)28-20)10-22(19)26-5-2/h6-7,9-10,12-14H,4-5,8,11H2,1-3H3,(H,24,25)/t14-/m1/s1. The van der Waals surface area contributed by atoms with Crippen LogP contribution in [0.5, 0.6) is 11.5 Å². The molecule has 0 spiro atoms. The van der Waals surface area contributed by atoms with Gasteiger partial charge in [0.2, 0.25) is 5.91 Å². The molecule has 28 heavy (non-hydrogen) atoms. The van der Waals surface area contributed by atoms with Gasteiger partial charge in [-0.05, 0) is 38.0 Å². The molecule has 0 bridgehead atoms. The Morgan fingerprint density at radius 1 is 1.25 bits per heavy atom. The van der Waals surface area contributed by atoms with Gasteiger partial charge < -0.3 is 19.2 Å². The van der Waals surface area contributed by atoms with Crippen LogP contribution in [0, 0.1) is 0 Å². The first kappa shape index (κ1) is 18.4. The summed E-state index contributed by atoms with van der Waals surface area (Å²) in [6.07, 6.45) is 3.84. The number of nitrogens with one attached hydrogen (secondary N) is 1. The maximum atomic E-state index is 12.7. The largest absolute Gasteiger partial charge is 0.492 e. The summed E-state index contributed by atoms with van der Waals surface area (Å²) in [7, 11) is 0. The molecule has 1 N–H and O–H groups in total. The Morgan fingerprint density at radius 2 is 2.11 bits per heavy atom. The van der Waals surface area contributed by atoms with Gasteiger partial charge in [-0.3, -0.25) is 4.79 Å². The predicted octanol–water partition coefficient (Wildman–Crippen LogP) is 4.90. The van der Waals surface area contributed by atoms with Crippen LogP contribution < -0.4 is 14.8 Å². The number of furan rings is 1. The lowest BCUT2D eigenvalue weighted by Crippen LogP contribution is -2.15. The minimum absolute atomic E-state index is 0.116. The van der Waals surface area contributed by atoms with Crippen LogP contribution in [0.15, 0.2) is 41.0 Å². The molecule has 1 aromatic heterocycles. The van der Waals surface area contributed by atoms with Gasteiger partial charge in [0.15, 0.2) is 0 Å². The summed E-state index contributed by atoms with van der Waals surface area (Å²) in [5, 5.41) is 3.96. The van der Waals surface area contributed by atoms with Crippen molar-refractivity contribution >= 4 is 22.6 Å². The second kappa shape index (κ2) is 7.58. The molecule has 0 saturated carbocycles. The average Bonchev–Trinajstić information content (AvgIpc) is 3.23. The molecule has 5 nitrogen and oxygen atoms in total. The van der Waals surface area contributed by atoms with Crippen molar-refractivity contribution in [1.82, 2.24) is 0 Å². The number of fused-ring (bicyclic) bond motifs is 2. The zero-order valence-electron chi connectivity index (χ0n) is 16.5. The predicted molar refractivity (Wildman–Crippen MR) is 109 cm³/mol. The number of rotatable bonds is 6.